The summed E-state index contributed by atoms with van der Waals surface area (Å²) in [5, 5.41) is 3.17. The van der Waals surface area contributed by atoms with Gasteiger partial charge < -0.3 is 10.3 Å². The molecule has 2 aromatic carbocycles. The minimum absolute atomic E-state index is 0.0214. The van der Waals surface area contributed by atoms with E-state index in [1.54, 1.807) is 11.8 Å². The summed E-state index contributed by atoms with van der Waals surface area (Å²) >= 11 is 1.59. The van der Waals surface area contributed by atoms with Crippen molar-refractivity contribution in [1.29, 1.82) is 0 Å². The largest absolute Gasteiger partial charge is 0.341 e. The number of hydrogen-bond acceptors (Lipinski definition) is 4. The van der Waals surface area contributed by atoms with E-state index in [9.17, 15) is 4.79 Å². The van der Waals surface area contributed by atoms with Crippen LogP contribution < -0.4 is 5.32 Å². The van der Waals surface area contributed by atoms with Crippen LogP contribution in [-0.4, -0.2) is 39.6 Å². The second kappa shape index (κ2) is 9.46. The minimum atomic E-state index is 0.0214. The van der Waals surface area contributed by atoms with Crippen molar-refractivity contribution in [2.75, 3.05) is 24.2 Å². The zero-order chi connectivity index (χ0) is 20.1. The summed E-state index contributed by atoms with van der Waals surface area (Å²) < 4.78 is 0. The Morgan fingerprint density at radius 3 is 2.83 bits per heavy atom. The molecule has 2 heterocycles. The van der Waals surface area contributed by atoms with Crippen molar-refractivity contribution in [3.05, 3.63) is 59.9 Å². The molecule has 3 aromatic rings. The fourth-order valence-electron chi connectivity index (χ4n) is 3.76. The molecule has 1 aromatic heterocycles. The lowest BCUT2D eigenvalue weighted by Gasteiger charge is -2.26. The van der Waals surface area contributed by atoms with Gasteiger partial charge in [-0.2, -0.15) is 0 Å². The number of carbonyl (C=O) groups is 1. The normalized spacial score (nSPS) is 16.0. The molecule has 29 heavy (non-hydrogen) atoms. The number of anilines is 1. The van der Waals surface area contributed by atoms with E-state index >= 15 is 0 Å². The molecule has 1 saturated heterocycles. The average molecular weight is 409 g/mol. The molecule has 2 N–H and O–H groups in total. The summed E-state index contributed by atoms with van der Waals surface area (Å²) in [6.45, 7) is 5.39. The van der Waals surface area contributed by atoms with Crippen LogP contribution in [0.15, 0.2) is 48.5 Å². The van der Waals surface area contributed by atoms with Crippen LogP contribution in [0.5, 0.6) is 0 Å². The number of hydrogen-bond donors (Lipinski definition) is 2. The predicted molar refractivity (Wildman–Crippen MR) is 121 cm³/mol. The first kappa shape index (κ1) is 20.0. The zero-order valence-corrected chi connectivity index (χ0v) is 17.7. The molecule has 0 radical (unpaired) electrons. The molecule has 4 rings (SSSR count). The van der Waals surface area contributed by atoms with E-state index in [0.29, 0.717) is 5.75 Å². The summed E-state index contributed by atoms with van der Waals surface area (Å²) in [6.07, 6.45) is 3.92. The van der Waals surface area contributed by atoms with Crippen molar-refractivity contribution in [3.63, 3.8) is 0 Å². The molecule has 0 spiro atoms. The summed E-state index contributed by atoms with van der Waals surface area (Å²) in [5.41, 5.74) is 4.13. The third-order valence-corrected chi connectivity index (χ3v) is 6.47. The Morgan fingerprint density at radius 1 is 1.17 bits per heavy atom. The highest BCUT2D eigenvalue weighted by molar-refractivity contribution is 8.00. The van der Waals surface area contributed by atoms with Gasteiger partial charge in [-0.25, -0.2) is 4.98 Å². The summed E-state index contributed by atoms with van der Waals surface area (Å²) in [5.74, 6) is 1.33. The number of fused-ring (bicyclic) bond motifs is 1. The minimum Gasteiger partial charge on any atom is -0.341 e. The molecule has 0 bridgehead atoms. The smallest absolute Gasteiger partial charge is 0.234 e. The van der Waals surface area contributed by atoms with Crippen LogP contribution in [0, 0.1) is 0 Å². The Hall–Kier alpha value is -2.31. The number of imidazole rings is 1. The number of aromatic amines is 1. The first-order valence-electron chi connectivity index (χ1n) is 10.3. The maximum atomic E-state index is 12.4. The van der Waals surface area contributed by atoms with Crippen molar-refractivity contribution < 1.29 is 4.79 Å². The molecular formula is C23H28N4OS. The molecule has 152 valence electrons. The maximum Gasteiger partial charge on any atom is 0.234 e. The van der Waals surface area contributed by atoms with Crippen molar-refractivity contribution in [1.82, 2.24) is 14.9 Å². The van der Waals surface area contributed by atoms with Gasteiger partial charge in [0.15, 0.2) is 0 Å². The first-order chi connectivity index (χ1) is 14.2. The number of likely N-dealkylation sites (tertiary alicyclic amines) is 1. The molecule has 1 fully saturated rings. The number of piperidine rings is 1. The number of nitrogens with one attached hydrogen (secondary N) is 2. The van der Waals surface area contributed by atoms with Crippen LogP contribution in [0.2, 0.25) is 0 Å². The number of para-hydroxylation sites is 2. The third kappa shape index (κ3) is 5.40. The number of amides is 1. The van der Waals surface area contributed by atoms with E-state index in [-0.39, 0.29) is 11.2 Å². The van der Waals surface area contributed by atoms with E-state index in [1.165, 1.54) is 37.9 Å². The quantitative estimate of drug-likeness (QED) is 0.579. The molecule has 1 amide bonds. The molecular weight excluding hydrogens is 380 g/mol. The van der Waals surface area contributed by atoms with Crippen LogP contribution in [0.3, 0.4) is 0 Å². The van der Waals surface area contributed by atoms with Gasteiger partial charge in [0.2, 0.25) is 5.91 Å². The third-order valence-electron chi connectivity index (χ3n) is 5.32. The molecule has 0 aliphatic carbocycles. The van der Waals surface area contributed by atoms with Gasteiger partial charge in [-0.15, -0.1) is 11.8 Å². The van der Waals surface area contributed by atoms with Crippen LogP contribution >= 0.6 is 11.8 Å². The molecule has 1 atom stereocenters. The number of rotatable bonds is 7. The van der Waals surface area contributed by atoms with E-state index in [2.05, 4.69) is 39.2 Å². The zero-order valence-electron chi connectivity index (χ0n) is 16.9. The molecule has 0 saturated carbocycles. The number of nitrogens with zero attached hydrogens (tertiary/aromatic N) is 2. The standard InChI is InChI=1S/C23H28N4OS/c1-17(23-25-20-10-3-4-11-21(20)26-23)29-16-22(28)24-19-9-7-8-18(14-19)15-27-12-5-2-6-13-27/h3-4,7-11,14,17H,2,5-6,12-13,15-16H2,1H3,(H,24,28)(H,25,26). The molecule has 1 aliphatic rings. The van der Waals surface area contributed by atoms with Gasteiger partial charge in [0.05, 0.1) is 22.0 Å². The lowest BCUT2D eigenvalue weighted by atomic mass is 10.1. The number of thioether (sulfide) groups is 1. The highest BCUT2D eigenvalue weighted by atomic mass is 32.2. The van der Waals surface area contributed by atoms with Crippen LogP contribution in [0.4, 0.5) is 5.69 Å². The fourth-order valence-corrected chi connectivity index (χ4v) is 4.51. The Bertz CT molecular complexity index is 931. The molecule has 1 aliphatic heterocycles. The second-order valence-electron chi connectivity index (χ2n) is 7.68. The lowest BCUT2D eigenvalue weighted by molar-refractivity contribution is -0.113. The summed E-state index contributed by atoms with van der Waals surface area (Å²) in [7, 11) is 0. The van der Waals surface area contributed by atoms with Gasteiger partial charge in [0.1, 0.15) is 5.82 Å². The lowest BCUT2D eigenvalue weighted by Crippen LogP contribution is -2.29. The van der Waals surface area contributed by atoms with Crippen LogP contribution in [-0.2, 0) is 11.3 Å². The fraction of sp³-hybridized carbons (Fsp3) is 0.391. The van der Waals surface area contributed by atoms with Crippen molar-refractivity contribution in [2.24, 2.45) is 0 Å². The SMILES string of the molecule is CC(SCC(=O)Nc1cccc(CN2CCCCC2)c1)c1nc2ccccc2[nH]1. The topological polar surface area (TPSA) is 61.0 Å². The number of benzene rings is 2. The average Bonchev–Trinajstić information content (AvgIpc) is 3.17. The van der Waals surface area contributed by atoms with Crippen molar-refractivity contribution in [2.45, 2.75) is 38.0 Å². The Balaban J connectivity index is 1.29. The van der Waals surface area contributed by atoms with Gasteiger partial charge in [-0.05, 0) is 62.7 Å². The summed E-state index contributed by atoms with van der Waals surface area (Å²) in [6, 6.07) is 16.2. The van der Waals surface area contributed by atoms with Crippen LogP contribution in [0.1, 0.15) is 42.8 Å². The number of aromatic nitrogens is 2. The Morgan fingerprint density at radius 2 is 2.00 bits per heavy atom. The van der Waals surface area contributed by atoms with Gasteiger partial charge in [0.25, 0.3) is 0 Å². The first-order valence-corrected chi connectivity index (χ1v) is 11.4. The van der Waals surface area contributed by atoms with Gasteiger partial charge >= 0.3 is 0 Å². The highest BCUT2D eigenvalue weighted by Crippen LogP contribution is 2.27. The van der Waals surface area contributed by atoms with Crippen molar-refractivity contribution >= 4 is 34.4 Å². The van der Waals surface area contributed by atoms with E-state index in [1.807, 2.05) is 36.4 Å². The van der Waals surface area contributed by atoms with Gasteiger partial charge in [0, 0.05) is 12.2 Å². The van der Waals surface area contributed by atoms with Gasteiger partial charge in [-0.3, -0.25) is 9.69 Å². The number of carbonyl (C=O) groups excluding carboxylic acids is 1. The van der Waals surface area contributed by atoms with Crippen LogP contribution in [0.25, 0.3) is 11.0 Å². The highest BCUT2D eigenvalue weighted by Gasteiger charge is 2.14. The maximum absolute atomic E-state index is 12.4. The molecule has 1 unspecified atom stereocenters. The second-order valence-corrected chi connectivity index (χ2v) is 9.01. The van der Waals surface area contributed by atoms with Gasteiger partial charge in [-0.1, -0.05) is 30.7 Å². The Kier molecular flexibility index (Phi) is 6.52. The van der Waals surface area contributed by atoms with E-state index in [4.69, 9.17) is 0 Å². The van der Waals surface area contributed by atoms with E-state index in [0.717, 1.165) is 29.1 Å². The summed E-state index contributed by atoms with van der Waals surface area (Å²) in [4.78, 5) is 22.9. The number of H-pyrrole nitrogens is 1. The molecule has 6 heteroatoms. The predicted octanol–water partition coefficient (Wildman–Crippen LogP) is 4.98. The van der Waals surface area contributed by atoms with E-state index < -0.39 is 0 Å². The van der Waals surface area contributed by atoms with Crippen molar-refractivity contribution in [3.8, 4) is 0 Å². The molecule has 5 nitrogen and oxygen atoms in total. The Labute approximate surface area is 176 Å². The monoisotopic (exact) mass is 408 g/mol.